The minimum absolute atomic E-state index is 0. The van der Waals surface area contributed by atoms with Gasteiger partial charge in [-0.2, -0.15) is 0 Å². The Bertz CT molecular complexity index is 405. The molecule has 1 aliphatic rings. The van der Waals surface area contributed by atoms with Crippen molar-refractivity contribution in [2.45, 2.75) is 74.4 Å². The summed E-state index contributed by atoms with van der Waals surface area (Å²) in [5.41, 5.74) is 5.87. The van der Waals surface area contributed by atoms with E-state index in [0.717, 1.165) is 0 Å². The first-order valence-electron chi connectivity index (χ1n) is 7.40. The molecule has 139 valence electrons. The molecule has 0 aromatic heterocycles. The van der Waals surface area contributed by atoms with Crippen LogP contribution in [0.25, 0.3) is 0 Å². The average molecular weight is 549 g/mol. The van der Waals surface area contributed by atoms with Gasteiger partial charge in [0.15, 0.2) is 0 Å². The molecular weight excluding hydrogens is 519 g/mol. The van der Waals surface area contributed by atoms with Gasteiger partial charge in [0.25, 0.3) is 0 Å². The summed E-state index contributed by atoms with van der Waals surface area (Å²) in [5, 5.41) is 0. The molecule has 0 fully saturated rings. The minimum atomic E-state index is 0. The minimum Gasteiger partial charge on any atom is 0 e. The molecule has 1 radical (unpaired) electrons. The Balaban J connectivity index is -0.000000134. The second-order valence-corrected chi connectivity index (χ2v) is 7.00. The van der Waals surface area contributed by atoms with Crippen molar-refractivity contribution >= 4 is 19.3 Å². The summed E-state index contributed by atoms with van der Waals surface area (Å²) in [6.45, 7) is 28.6. The standard InChI is InChI=1S/C10H15.C6H15ClNP.2CO.Os/c1-6-7(2)9(4)10(5)8(6)3;1-5(2)8(9-7)6(3)4;2*1-2;/h1-5H3;5-6,9H,1-4H3;;;. The molecule has 1 rings (SSSR count). The van der Waals surface area contributed by atoms with E-state index in [1.165, 1.54) is 28.2 Å². The van der Waals surface area contributed by atoms with Crippen molar-refractivity contribution in [3.63, 3.8) is 0 Å². The number of hydrogen-bond acceptors (Lipinski definition) is 1. The second kappa shape index (κ2) is 18.1. The fourth-order valence-electron chi connectivity index (χ4n) is 2.20. The van der Waals surface area contributed by atoms with E-state index >= 15 is 0 Å². The third-order valence-electron chi connectivity index (χ3n) is 4.02. The quantitative estimate of drug-likeness (QED) is 0.241. The maximum Gasteiger partial charge on any atom is 0 e. The van der Waals surface area contributed by atoms with Crippen LogP contribution in [-0.4, -0.2) is 16.8 Å². The number of allylic oxidation sites excluding steroid dienone is 4. The molecular formula is C18H30ClNO2OsP. The summed E-state index contributed by atoms with van der Waals surface area (Å²) in [5.74, 6) is 1.47. The van der Waals surface area contributed by atoms with Gasteiger partial charge in [0.2, 0.25) is 0 Å². The van der Waals surface area contributed by atoms with E-state index in [-0.39, 0.29) is 19.8 Å². The van der Waals surface area contributed by atoms with Crippen LogP contribution in [-0.2, 0) is 29.1 Å². The van der Waals surface area contributed by atoms with Crippen LogP contribution in [0.3, 0.4) is 0 Å². The fraction of sp³-hybridized carbons (Fsp3) is 0.611. The SMILES string of the molecule is CC(C)N(PCl)C(C)C.C[C]1C(C)=C(C)C(C)=C1C.[C-]#[O+].[C-]#[O+].[Os]. The summed E-state index contributed by atoms with van der Waals surface area (Å²) in [6.07, 6.45) is 0. The van der Waals surface area contributed by atoms with E-state index < -0.39 is 0 Å². The molecule has 0 N–H and O–H groups in total. The molecule has 1 atom stereocenters. The summed E-state index contributed by atoms with van der Waals surface area (Å²) in [4.78, 5) is 0. The van der Waals surface area contributed by atoms with Gasteiger partial charge in [-0.15, -0.1) is 0 Å². The third-order valence-corrected chi connectivity index (χ3v) is 5.84. The largest absolute Gasteiger partial charge is 0 e. The van der Waals surface area contributed by atoms with Gasteiger partial charge in [-0.25, -0.2) is 0 Å². The molecule has 6 heteroatoms. The molecule has 0 saturated heterocycles. The van der Waals surface area contributed by atoms with E-state index in [1.807, 2.05) is 0 Å². The first-order valence-corrected chi connectivity index (χ1v) is 9.36. The topological polar surface area (TPSA) is 43.0 Å². The summed E-state index contributed by atoms with van der Waals surface area (Å²) in [7, 11) is 0.415. The summed E-state index contributed by atoms with van der Waals surface area (Å²) in [6, 6.07) is 1.14. The first kappa shape index (κ1) is 32.0. The number of hydrogen-bond donors (Lipinski definition) is 0. The predicted octanol–water partition coefficient (Wildman–Crippen LogP) is 6.04. The van der Waals surface area contributed by atoms with E-state index in [9.17, 15) is 0 Å². The zero-order chi connectivity index (χ0) is 19.3. The van der Waals surface area contributed by atoms with Gasteiger partial charge in [0.1, 0.15) is 0 Å². The Labute approximate surface area is 168 Å². The molecule has 0 heterocycles. The molecule has 0 aliphatic heterocycles. The summed E-state index contributed by atoms with van der Waals surface area (Å²) < 4.78 is 17.3. The number of nitrogens with zero attached hydrogens (tertiary/aromatic N) is 1. The monoisotopic (exact) mass is 550 g/mol. The smallest absolute Gasteiger partial charge is 0 e. The molecule has 0 amide bonds. The van der Waals surface area contributed by atoms with Gasteiger partial charge < -0.3 is 0 Å². The normalized spacial score (nSPS) is 14.0. The van der Waals surface area contributed by atoms with Crippen LogP contribution < -0.4 is 0 Å². The number of rotatable bonds is 3. The van der Waals surface area contributed by atoms with Crippen molar-refractivity contribution in [1.82, 2.24) is 4.67 Å². The summed E-state index contributed by atoms with van der Waals surface area (Å²) >= 11 is 5.71. The van der Waals surface area contributed by atoms with Gasteiger partial charge in [-0.1, -0.05) is 29.3 Å². The predicted molar refractivity (Wildman–Crippen MR) is 99.8 cm³/mol. The van der Waals surface area contributed by atoms with E-state index in [1.54, 1.807) is 0 Å². The van der Waals surface area contributed by atoms with Crippen molar-refractivity contribution in [3.05, 3.63) is 41.5 Å². The van der Waals surface area contributed by atoms with E-state index in [4.69, 9.17) is 20.5 Å². The molecule has 1 aliphatic carbocycles. The van der Waals surface area contributed by atoms with Gasteiger partial charge in [0, 0.05) is 45.9 Å². The van der Waals surface area contributed by atoms with Crippen LogP contribution in [0.2, 0.25) is 0 Å². The van der Waals surface area contributed by atoms with Crippen molar-refractivity contribution < 1.29 is 29.1 Å². The van der Waals surface area contributed by atoms with Crippen molar-refractivity contribution in [2.24, 2.45) is 0 Å². The van der Waals surface area contributed by atoms with Crippen molar-refractivity contribution in [3.8, 4) is 0 Å². The van der Waals surface area contributed by atoms with Crippen LogP contribution in [0, 0.1) is 19.2 Å². The fourth-order valence-corrected chi connectivity index (χ4v) is 3.76. The first-order chi connectivity index (χ1) is 10.6. The molecule has 24 heavy (non-hydrogen) atoms. The van der Waals surface area contributed by atoms with Gasteiger partial charge in [-0.3, -0.25) is 4.67 Å². The van der Waals surface area contributed by atoms with Gasteiger partial charge in [0.05, 0.1) is 0 Å². The molecule has 0 saturated carbocycles. The van der Waals surface area contributed by atoms with Crippen molar-refractivity contribution in [2.75, 3.05) is 0 Å². The Kier molecular flexibility index (Phi) is 24.1. The van der Waals surface area contributed by atoms with E-state index in [0.29, 0.717) is 20.2 Å². The zero-order valence-corrected chi connectivity index (χ0v) is 20.4. The van der Waals surface area contributed by atoms with Gasteiger partial charge in [-0.05, 0) is 66.5 Å². The van der Waals surface area contributed by atoms with Crippen LogP contribution in [0.1, 0.15) is 62.3 Å². The zero-order valence-electron chi connectivity index (χ0n) is 16.1. The van der Waals surface area contributed by atoms with Crippen LogP contribution in [0.15, 0.2) is 22.3 Å². The molecule has 0 aromatic carbocycles. The van der Waals surface area contributed by atoms with E-state index in [2.05, 4.69) is 80.3 Å². The molecule has 3 nitrogen and oxygen atoms in total. The molecule has 0 aromatic rings. The van der Waals surface area contributed by atoms with Crippen LogP contribution >= 0.6 is 19.3 Å². The Morgan fingerprint density at radius 3 is 1.04 bits per heavy atom. The van der Waals surface area contributed by atoms with Gasteiger partial charge >= 0.3 is 22.6 Å². The third kappa shape index (κ3) is 11.0. The Hall–Kier alpha value is 0.276. The Morgan fingerprint density at radius 1 is 0.750 bits per heavy atom. The van der Waals surface area contributed by atoms with Crippen molar-refractivity contribution in [1.29, 1.82) is 0 Å². The molecule has 0 spiro atoms. The Morgan fingerprint density at radius 2 is 1.00 bits per heavy atom. The van der Waals surface area contributed by atoms with Crippen LogP contribution in [0.5, 0.6) is 0 Å². The number of halogens is 1. The second-order valence-electron chi connectivity index (χ2n) is 5.80. The van der Waals surface area contributed by atoms with Crippen LogP contribution in [0.4, 0.5) is 0 Å². The average Bonchev–Trinajstić information content (AvgIpc) is 2.70. The molecule has 0 bridgehead atoms. The molecule has 1 unspecified atom stereocenters. The maximum absolute atomic E-state index is 7.50. The maximum atomic E-state index is 7.50.